The van der Waals surface area contributed by atoms with Gasteiger partial charge < -0.3 is 19.9 Å². The maximum Gasteiger partial charge on any atom is 0.329 e. The number of rotatable bonds is 6. The van der Waals surface area contributed by atoms with Crippen LogP contribution < -0.4 is 15.4 Å². The van der Waals surface area contributed by atoms with Crippen LogP contribution in [0.1, 0.15) is 23.9 Å². The Morgan fingerprint density at radius 3 is 2.62 bits per heavy atom. The molecule has 1 aliphatic rings. The van der Waals surface area contributed by atoms with E-state index < -0.39 is 24.4 Å². The number of imide groups is 1. The minimum Gasteiger partial charge on any atom is -0.495 e. The normalized spacial score (nSPS) is 15.0. The Morgan fingerprint density at radius 2 is 1.97 bits per heavy atom. The van der Waals surface area contributed by atoms with E-state index in [2.05, 4.69) is 15.2 Å². The number of urea groups is 1. The third-order valence-electron chi connectivity index (χ3n) is 4.87. The predicted molar refractivity (Wildman–Crippen MR) is 109 cm³/mol. The number of aryl methyl sites for hydroxylation is 1. The van der Waals surface area contributed by atoms with Gasteiger partial charge in [-0.25, -0.2) is 9.69 Å². The Hall–Kier alpha value is -3.55. The summed E-state index contributed by atoms with van der Waals surface area (Å²) >= 11 is 0. The summed E-state index contributed by atoms with van der Waals surface area (Å²) in [5.41, 5.74) is 3.55. The van der Waals surface area contributed by atoms with Gasteiger partial charge in [0.05, 0.1) is 12.8 Å². The van der Waals surface area contributed by atoms with Gasteiger partial charge >= 0.3 is 6.03 Å². The van der Waals surface area contributed by atoms with E-state index in [4.69, 9.17) is 4.74 Å². The van der Waals surface area contributed by atoms with Gasteiger partial charge in [0.1, 0.15) is 18.0 Å². The van der Waals surface area contributed by atoms with Crippen LogP contribution in [0.5, 0.6) is 5.75 Å². The fourth-order valence-electron chi connectivity index (χ4n) is 3.41. The Morgan fingerprint density at radius 1 is 1.24 bits per heavy atom. The lowest BCUT2D eigenvalue weighted by atomic mass is 10.2. The number of benzene rings is 1. The second-order valence-electron chi connectivity index (χ2n) is 6.70. The number of hydrogen-bond donors (Lipinski definition) is 2. The summed E-state index contributed by atoms with van der Waals surface area (Å²) in [6, 6.07) is 8.25. The van der Waals surface area contributed by atoms with Crippen LogP contribution >= 0.6 is 0 Å². The average molecular weight is 396 g/mol. The summed E-state index contributed by atoms with van der Waals surface area (Å²) in [6.07, 6.45) is 1.65. The van der Waals surface area contributed by atoms with Gasteiger partial charge in [0, 0.05) is 17.9 Å². The van der Waals surface area contributed by atoms with Crippen molar-refractivity contribution < 1.29 is 19.1 Å². The van der Waals surface area contributed by atoms with Gasteiger partial charge in [-0.3, -0.25) is 9.59 Å². The average Bonchev–Trinajstić information content (AvgIpc) is 3.11. The molecule has 1 fully saturated rings. The zero-order chi connectivity index (χ0) is 21.1. The highest BCUT2D eigenvalue weighted by atomic mass is 16.5. The lowest BCUT2D eigenvalue weighted by Gasteiger charge is -2.13. The van der Waals surface area contributed by atoms with E-state index in [1.165, 1.54) is 7.11 Å². The summed E-state index contributed by atoms with van der Waals surface area (Å²) in [4.78, 5) is 38.2. The van der Waals surface area contributed by atoms with Crippen molar-refractivity contribution in [1.82, 2.24) is 14.8 Å². The molecule has 2 heterocycles. The van der Waals surface area contributed by atoms with Crippen LogP contribution in [0.4, 0.5) is 10.5 Å². The van der Waals surface area contributed by atoms with Crippen LogP contribution in [0.25, 0.3) is 6.08 Å². The number of nitrogens with one attached hydrogen (secondary N) is 2. The van der Waals surface area contributed by atoms with E-state index in [0.29, 0.717) is 11.4 Å². The number of amides is 4. The molecule has 152 valence electrons. The Labute approximate surface area is 169 Å². The molecule has 0 unspecified atom stereocenters. The van der Waals surface area contributed by atoms with Gasteiger partial charge in [-0.05, 0) is 50.6 Å². The lowest BCUT2D eigenvalue weighted by molar-refractivity contribution is -0.127. The molecule has 8 heteroatoms. The molecule has 1 aromatic carbocycles. The predicted octanol–water partition coefficient (Wildman–Crippen LogP) is 2.66. The summed E-state index contributed by atoms with van der Waals surface area (Å²) in [6.45, 7) is 6.41. The summed E-state index contributed by atoms with van der Waals surface area (Å²) in [7, 11) is 1.50. The summed E-state index contributed by atoms with van der Waals surface area (Å²) < 4.78 is 7.31. The standard InChI is InChI=1S/C21H24N4O4/c1-5-24-13(2)10-15(14(24)3)11-17-20(27)25(21(28)23-17)12-19(26)22-16-8-6-7-9-18(16)29-4/h6-11H,5,12H2,1-4H3,(H,22,26)(H,23,28)/b17-11+. The first-order valence-electron chi connectivity index (χ1n) is 9.29. The topological polar surface area (TPSA) is 92.7 Å². The second-order valence-corrected chi connectivity index (χ2v) is 6.70. The molecule has 2 aromatic rings. The largest absolute Gasteiger partial charge is 0.495 e. The first-order chi connectivity index (χ1) is 13.8. The van der Waals surface area contributed by atoms with Crippen LogP contribution in [0, 0.1) is 13.8 Å². The van der Waals surface area contributed by atoms with Crippen LogP contribution in [-0.4, -0.2) is 41.0 Å². The molecule has 0 aliphatic carbocycles. The minimum atomic E-state index is -0.624. The number of ether oxygens (including phenoxy) is 1. The molecule has 4 amide bonds. The quantitative estimate of drug-likeness (QED) is 0.580. The Kier molecular flexibility index (Phi) is 5.72. The number of nitrogens with zero attached hydrogens (tertiary/aromatic N) is 2. The highest BCUT2D eigenvalue weighted by molar-refractivity contribution is 6.16. The minimum absolute atomic E-state index is 0.149. The molecule has 2 N–H and O–H groups in total. The van der Waals surface area contributed by atoms with Gasteiger partial charge in [-0.1, -0.05) is 12.1 Å². The molecule has 0 bridgehead atoms. The molecule has 3 rings (SSSR count). The van der Waals surface area contributed by atoms with Crippen molar-refractivity contribution in [3.05, 3.63) is 53.0 Å². The van der Waals surface area contributed by atoms with Crippen molar-refractivity contribution in [3.63, 3.8) is 0 Å². The highest BCUT2D eigenvalue weighted by Crippen LogP contribution is 2.23. The van der Waals surface area contributed by atoms with Crippen molar-refractivity contribution >= 4 is 29.6 Å². The molecule has 29 heavy (non-hydrogen) atoms. The number of carbonyl (C=O) groups is 3. The maximum atomic E-state index is 12.7. The molecule has 0 saturated carbocycles. The molecule has 0 radical (unpaired) electrons. The van der Waals surface area contributed by atoms with Crippen molar-refractivity contribution in [2.45, 2.75) is 27.3 Å². The molecule has 1 aromatic heterocycles. The molecular formula is C21H24N4O4. The second kappa shape index (κ2) is 8.22. The molecule has 0 spiro atoms. The Balaban J connectivity index is 1.74. The highest BCUT2D eigenvalue weighted by Gasteiger charge is 2.35. The fourth-order valence-corrected chi connectivity index (χ4v) is 3.41. The number of aromatic nitrogens is 1. The van der Waals surface area contributed by atoms with E-state index in [1.54, 1.807) is 30.3 Å². The zero-order valence-corrected chi connectivity index (χ0v) is 16.9. The number of anilines is 1. The van der Waals surface area contributed by atoms with Crippen molar-refractivity contribution in [2.75, 3.05) is 19.0 Å². The molecule has 0 atom stereocenters. The third-order valence-corrected chi connectivity index (χ3v) is 4.87. The van der Waals surface area contributed by atoms with Gasteiger partial charge in [-0.15, -0.1) is 0 Å². The van der Waals surface area contributed by atoms with Crippen molar-refractivity contribution in [3.8, 4) is 5.75 Å². The zero-order valence-electron chi connectivity index (χ0n) is 16.9. The van der Waals surface area contributed by atoms with Gasteiger partial charge in [-0.2, -0.15) is 0 Å². The number of hydrogen-bond acceptors (Lipinski definition) is 4. The van der Waals surface area contributed by atoms with E-state index in [0.717, 1.165) is 28.4 Å². The molecule has 8 nitrogen and oxygen atoms in total. The fraction of sp³-hybridized carbons (Fsp3) is 0.286. The van der Waals surface area contributed by atoms with E-state index in [9.17, 15) is 14.4 Å². The SMILES string of the molecule is CCn1c(C)cc(/C=C2/NC(=O)N(CC(=O)Nc3ccccc3OC)C2=O)c1C. The van der Waals surface area contributed by atoms with Crippen LogP contribution in [-0.2, 0) is 16.1 Å². The van der Waals surface area contributed by atoms with Crippen LogP contribution in [0.2, 0.25) is 0 Å². The third kappa shape index (κ3) is 4.01. The van der Waals surface area contributed by atoms with E-state index >= 15 is 0 Å². The number of para-hydroxylation sites is 2. The first-order valence-corrected chi connectivity index (χ1v) is 9.29. The van der Waals surface area contributed by atoms with Crippen LogP contribution in [0.3, 0.4) is 0 Å². The van der Waals surface area contributed by atoms with Crippen molar-refractivity contribution in [1.29, 1.82) is 0 Å². The van der Waals surface area contributed by atoms with Gasteiger partial charge in [0.15, 0.2) is 0 Å². The van der Waals surface area contributed by atoms with Crippen molar-refractivity contribution in [2.24, 2.45) is 0 Å². The first kappa shape index (κ1) is 20.2. The molecule has 1 saturated heterocycles. The Bertz CT molecular complexity index is 1010. The van der Waals surface area contributed by atoms with Crippen LogP contribution in [0.15, 0.2) is 36.0 Å². The van der Waals surface area contributed by atoms with E-state index in [1.807, 2.05) is 26.8 Å². The lowest BCUT2D eigenvalue weighted by Crippen LogP contribution is -2.38. The van der Waals surface area contributed by atoms with Gasteiger partial charge in [0.25, 0.3) is 5.91 Å². The monoisotopic (exact) mass is 396 g/mol. The number of carbonyl (C=O) groups excluding carboxylic acids is 3. The summed E-state index contributed by atoms with van der Waals surface area (Å²) in [5, 5.41) is 5.21. The number of methoxy groups -OCH3 is 1. The summed E-state index contributed by atoms with van der Waals surface area (Å²) in [5.74, 6) is -0.542. The molecule has 1 aliphatic heterocycles. The van der Waals surface area contributed by atoms with Gasteiger partial charge in [0.2, 0.25) is 5.91 Å². The van der Waals surface area contributed by atoms with E-state index in [-0.39, 0.29) is 5.70 Å². The molecular weight excluding hydrogens is 372 g/mol. The smallest absolute Gasteiger partial charge is 0.329 e. The maximum absolute atomic E-state index is 12.7.